The van der Waals surface area contributed by atoms with Crippen LogP contribution in [0.25, 0.3) is 44.3 Å². The molecule has 0 aliphatic heterocycles. The molecule has 5 aromatic rings. The van der Waals surface area contributed by atoms with Crippen molar-refractivity contribution in [2.75, 3.05) is 0 Å². The van der Waals surface area contributed by atoms with Gasteiger partial charge < -0.3 is 4.42 Å². The molecular weight excluding hydrogens is 392 g/mol. The number of furan rings is 1. The van der Waals surface area contributed by atoms with Gasteiger partial charge in [-0.2, -0.15) is 9.83 Å². The first-order valence-corrected chi connectivity index (χ1v) is 10.5. The standard InChI is InChI=1S/C29H25N2O/c1-17-15-25(31(5)20(4)19(17)3)26-18(2)14-22(16-30)27-24-13-9-12-23(28(24)32-29(26)27)21-10-7-6-8-11-21/h6-15H,1-5H3/q+1/i3D3,15D. The van der Waals surface area contributed by atoms with Crippen molar-refractivity contribution in [3.8, 4) is 28.5 Å². The van der Waals surface area contributed by atoms with E-state index in [1.54, 1.807) is 25.5 Å². The molecule has 0 amide bonds. The van der Waals surface area contributed by atoms with Crippen LogP contribution < -0.4 is 4.57 Å². The van der Waals surface area contributed by atoms with E-state index in [1.165, 1.54) is 0 Å². The van der Waals surface area contributed by atoms with Gasteiger partial charge in [0.15, 0.2) is 11.3 Å². The maximum atomic E-state index is 10.0. The fourth-order valence-electron chi connectivity index (χ4n) is 4.49. The SMILES string of the molecule is [2H]c1c(C)c(C([2H])([2H])[2H])c(C)[n+](C)c1-c1c(C)cc(C#N)c2c1oc1c(-c3ccccc3)cccc12. The second-order valence-corrected chi connectivity index (χ2v) is 8.20. The molecule has 0 unspecified atom stereocenters. The molecule has 0 aliphatic carbocycles. The Labute approximate surface area is 193 Å². The summed E-state index contributed by atoms with van der Waals surface area (Å²) in [5, 5.41) is 11.5. The van der Waals surface area contributed by atoms with Gasteiger partial charge in [-0.05, 0) is 43.5 Å². The van der Waals surface area contributed by atoms with Gasteiger partial charge in [0.05, 0.1) is 18.6 Å². The Bertz CT molecular complexity index is 1700. The largest absolute Gasteiger partial charge is 0.454 e. The van der Waals surface area contributed by atoms with Crippen LogP contribution in [0, 0.1) is 39.0 Å². The second-order valence-electron chi connectivity index (χ2n) is 8.20. The van der Waals surface area contributed by atoms with Crippen LogP contribution in [-0.4, -0.2) is 0 Å². The molecular formula is C29H25N2O+. The molecule has 3 nitrogen and oxygen atoms in total. The van der Waals surface area contributed by atoms with Crippen LogP contribution in [0.1, 0.15) is 33.4 Å². The maximum absolute atomic E-state index is 10.0. The summed E-state index contributed by atoms with van der Waals surface area (Å²) < 4.78 is 41.4. The lowest BCUT2D eigenvalue weighted by atomic mass is 9.94. The number of fused-ring (bicyclic) bond motifs is 3. The second kappa shape index (κ2) is 7.35. The summed E-state index contributed by atoms with van der Waals surface area (Å²) >= 11 is 0. The number of rotatable bonds is 2. The predicted molar refractivity (Wildman–Crippen MR) is 129 cm³/mol. The van der Waals surface area contributed by atoms with Crippen molar-refractivity contribution in [2.24, 2.45) is 7.05 Å². The highest BCUT2D eigenvalue weighted by atomic mass is 16.3. The van der Waals surface area contributed by atoms with Gasteiger partial charge in [-0.25, -0.2) is 0 Å². The quantitative estimate of drug-likeness (QED) is 0.292. The van der Waals surface area contributed by atoms with Gasteiger partial charge >= 0.3 is 0 Å². The highest BCUT2D eigenvalue weighted by Gasteiger charge is 2.26. The summed E-state index contributed by atoms with van der Waals surface area (Å²) in [4.78, 5) is 0. The Morgan fingerprint density at radius 1 is 1.00 bits per heavy atom. The topological polar surface area (TPSA) is 40.8 Å². The van der Waals surface area contributed by atoms with Crippen molar-refractivity contribution in [3.63, 3.8) is 0 Å². The molecule has 0 aliphatic rings. The molecule has 0 atom stereocenters. The number of aryl methyl sites for hydroxylation is 1. The van der Waals surface area contributed by atoms with E-state index >= 15 is 0 Å². The van der Waals surface area contributed by atoms with E-state index in [9.17, 15) is 5.26 Å². The van der Waals surface area contributed by atoms with Crippen LogP contribution in [0.3, 0.4) is 0 Å². The molecule has 2 heterocycles. The molecule has 0 spiro atoms. The number of aromatic nitrogens is 1. The molecule has 156 valence electrons. The Morgan fingerprint density at radius 3 is 2.50 bits per heavy atom. The predicted octanol–water partition coefficient (Wildman–Crippen LogP) is 6.85. The smallest absolute Gasteiger partial charge is 0.216 e. The normalized spacial score (nSPS) is 13.5. The minimum atomic E-state index is -2.33. The number of nitrogens with zero attached hydrogens (tertiary/aromatic N) is 2. The number of pyridine rings is 1. The summed E-state index contributed by atoms with van der Waals surface area (Å²) in [5.74, 6) is 0. The van der Waals surface area contributed by atoms with Gasteiger partial charge in [0.2, 0.25) is 5.69 Å². The van der Waals surface area contributed by atoms with Crippen LogP contribution >= 0.6 is 0 Å². The van der Waals surface area contributed by atoms with E-state index in [0.717, 1.165) is 22.1 Å². The van der Waals surface area contributed by atoms with Crippen molar-refractivity contribution in [2.45, 2.75) is 27.6 Å². The molecule has 2 aromatic heterocycles. The van der Waals surface area contributed by atoms with Crippen LogP contribution in [-0.2, 0) is 7.05 Å². The van der Waals surface area contributed by atoms with Crippen LogP contribution in [0.5, 0.6) is 0 Å². The zero-order valence-electron chi connectivity index (χ0n) is 22.5. The molecule has 0 radical (unpaired) electrons. The fraction of sp³-hybridized carbons (Fsp3) is 0.172. The van der Waals surface area contributed by atoms with E-state index in [1.807, 2.05) is 61.5 Å². The average Bonchev–Trinajstić information content (AvgIpc) is 3.23. The van der Waals surface area contributed by atoms with Crippen LogP contribution in [0.4, 0.5) is 0 Å². The number of hydrogen-bond donors (Lipinski definition) is 0. The van der Waals surface area contributed by atoms with Crippen molar-refractivity contribution in [1.82, 2.24) is 0 Å². The van der Waals surface area contributed by atoms with Crippen molar-refractivity contribution < 1.29 is 14.5 Å². The maximum Gasteiger partial charge on any atom is 0.216 e. The number of benzene rings is 3. The zero-order valence-corrected chi connectivity index (χ0v) is 18.5. The molecule has 0 saturated carbocycles. The van der Waals surface area contributed by atoms with Crippen molar-refractivity contribution in [1.29, 1.82) is 5.26 Å². The lowest BCUT2D eigenvalue weighted by Gasteiger charge is -2.11. The molecule has 0 bridgehead atoms. The monoisotopic (exact) mass is 421 g/mol. The number of para-hydroxylation sites is 1. The lowest BCUT2D eigenvalue weighted by Crippen LogP contribution is -2.36. The molecule has 0 fully saturated rings. The molecule has 5 rings (SSSR count). The van der Waals surface area contributed by atoms with E-state index in [-0.39, 0.29) is 11.6 Å². The van der Waals surface area contributed by atoms with Gasteiger partial charge in [0.25, 0.3) is 0 Å². The Balaban J connectivity index is 1.95. The van der Waals surface area contributed by atoms with Crippen molar-refractivity contribution in [3.05, 3.63) is 88.6 Å². The molecule has 3 aromatic carbocycles. The zero-order chi connectivity index (χ0) is 25.9. The molecule has 0 saturated heterocycles. The molecule has 32 heavy (non-hydrogen) atoms. The minimum absolute atomic E-state index is 0.132. The fourth-order valence-corrected chi connectivity index (χ4v) is 4.49. The minimum Gasteiger partial charge on any atom is -0.454 e. The first-order valence-electron chi connectivity index (χ1n) is 12.5. The van der Waals surface area contributed by atoms with Gasteiger partial charge in [-0.3, -0.25) is 0 Å². The summed E-state index contributed by atoms with van der Waals surface area (Å²) in [5.41, 5.74) is 6.81. The Hall–Kier alpha value is -3.90. The highest BCUT2D eigenvalue weighted by molar-refractivity contribution is 6.15. The van der Waals surface area contributed by atoms with Gasteiger partial charge in [-0.15, -0.1) is 0 Å². The van der Waals surface area contributed by atoms with Crippen LogP contribution in [0.2, 0.25) is 0 Å². The Morgan fingerprint density at radius 2 is 1.78 bits per heavy atom. The third-order valence-electron chi connectivity index (χ3n) is 6.29. The first-order chi connectivity index (χ1) is 17.1. The summed E-state index contributed by atoms with van der Waals surface area (Å²) in [6.07, 6.45) is 0. The molecule has 3 heteroatoms. The van der Waals surface area contributed by atoms with Gasteiger partial charge in [0.1, 0.15) is 12.6 Å². The lowest BCUT2D eigenvalue weighted by molar-refractivity contribution is -0.667. The van der Waals surface area contributed by atoms with Gasteiger partial charge in [0, 0.05) is 39.0 Å². The van der Waals surface area contributed by atoms with Crippen LogP contribution in [0.15, 0.2) is 65.1 Å². The van der Waals surface area contributed by atoms with Crippen molar-refractivity contribution >= 4 is 21.9 Å². The van der Waals surface area contributed by atoms with E-state index in [0.29, 0.717) is 44.6 Å². The summed E-state index contributed by atoms with van der Waals surface area (Å²) in [6.45, 7) is 3.00. The Kier molecular flexibility index (Phi) is 3.64. The third kappa shape index (κ3) is 2.84. The van der Waals surface area contributed by atoms with E-state index in [4.69, 9.17) is 9.90 Å². The van der Waals surface area contributed by atoms with E-state index < -0.39 is 6.85 Å². The summed E-state index contributed by atoms with van der Waals surface area (Å²) in [6, 6.07) is 20.1. The van der Waals surface area contributed by atoms with Gasteiger partial charge in [-0.1, -0.05) is 48.5 Å². The average molecular weight is 422 g/mol. The third-order valence-corrected chi connectivity index (χ3v) is 6.29. The highest BCUT2D eigenvalue weighted by Crippen LogP contribution is 2.42. The first kappa shape index (κ1) is 15.8. The van der Waals surface area contributed by atoms with E-state index in [2.05, 4.69) is 6.07 Å². The number of nitriles is 1. The molecule has 0 N–H and O–H groups in total. The summed E-state index contributed by atoms with van der Waals surface area (Å²) in [7, 11) is 1.78. The number of hydrogen-bond acceptors (Lipinski definition) is 2.